The Labute approximate surface area is 114 Å². The van der Waals surface area contributed by atoms with Crippen LogP contribution in [0.2, 0.25) is 0 Å². The predicted molar refractivity (Wildman–Crippen MR) is 67.7 cm³/mol. The van der Waals surface area contributed by atoms with Crippen LogP contribution >= 0.6 is 0 Å². The fourth-order valence-electron chi connectivity index (χ4n) is 1.82. The van der Waals surface area contributed by atoms with Crippen molar-refractivity contribution >= 4 is 23.7 Å². The molecule has 0 aromatic heterocycles. The van der Waals surface area contributed by atoms with Crippen LogP contribution in [0.15, 0.2) is 24.3 Å². The van der Waals surface area contributed by atoms with Gasteiger partial charge in [0.25, 0.3) is 5.91 Å². The third-order valence-corrected chi connectivity index (χ3v) is 2.68. The molecule has 1 fully saturated rings. The van der Waals surface area contributed by atoms with Gasteiger partial charge < -0.3 is 9.84 Å². The summed E-state index contributed by atoms with van der Waals surface area (Å²) >= 11 is 0. The van der Waals surface area contributed by atoms with Crippen molar-refractivity contribution in [2.45, 2.75) is 12.6 Å². The fraction of sp³-hybridized carbons (Fsp3) is 0.250. The van der Waals surface area contributed by atoms with Crippen molar-refractivity contribution < 1.29 is 24.2 Å². The molecule has 20 heavy (non-hydrogen) atoms. The molecule has 1 unspecified atom stereocenters. The van der Waals surface area contributed by atoms with Gasteiger partial charge in [0.2, 0.25) is 5.72 Å². The van der Waals surface area contributed by atoms with E-state index < -0.39 is 23.8 Å². The lowest BCUT2D eigenvalue weighted by Gasteiger charge is -2.22. The van der Waals surface area contributed by atoms with Crippen LogP contribution in [0.3, 0.4) is 0 Å². The molecule has 1 aliphatic rings. The third-order valence-electron chi connectivity index (χ3n) is 2.68. The van der Waals surface area contributed by atoms with Gasteiger partial charge in [0.1, 0.15) is 0 Å². The standard InChI is InChI=1S/C12H13N3O5/c1-2-20-11(18)13-8-6-4-3-5-7(8)12(19)9(16)14-10(17)15-12/h3-6,19H,2H2,1H3,(H,13,18)(H2,14,15,16,17). The van der Waals surface area contributed by atoms with Gasteiger partial charge in [0.15, 0.2) is 0 Å². The number of nitrogens with one attached hydrogen (secondary N) is 3. The average molecular weight is 279 g/mol. The Morgan fingerprint density at radius 1 is 1.40 bits per heavy atom. The number of amides is 4. The second-order valence-electron chi connectivity index (χ2n) is 4.01. The number of imide groups is 1. The van der Waals surface area contributed by atoms with E-state index in [1.807, 2.05) is 5.32 Å². The van der Waals surface area contributed by atoms with Crippen molar-refractivity contribution in [1.82, 2.24) is 10.6 Å². The maximum atomic E-state index is 11.7. The van der Waals surface area contributed by atoms with Gasteiger partial charge in [-0.15, -0.1) is 0 Å². The van der Waals surface area contributed by atoms with Crippen LogP contribution in [-0.4, -0.2) is 29.7 Å². The fourth-order valence-corrected chi connectivity index (χ4v) is 1.82. The molecule has 4 N–H and O–H groups in total. The Morgan fingerprint density at radius 2 is 2.10 bits per heavy atom. The highest BCUT2D eigenvalue weighted by molar-refractivity contribution is 6.07. The van der Waals surface area contributed by atoms with Crippen molar-refractivity contribution in [2.75, 3.05) is 11.9 Å². The topological polar surface area (TPSA) is 117 Å². The molecule has 1 aliphatic heterocycles. The summed E-state index contributed by atoms with van der Waals surface area (Å²) in [5.74, 6) is -0.916. The summed E-state index contributed by atoms with van der Waals surface area (Å²) in [7, 11) is 0. The van der Waals surface area contributed by atoms with Crippen LogP contribution < -0.4 is 16.0 Å². The second kappa shape index (κ2) is 5.17. The largest absolute Gasteiger partial charge is 0.450 e. The Balaban J connectivity index is 2.35. The SMILES string of the molecule is CCOC(=O)Nc1ccccc1C1(O)NC(=O)NC1=O. The number of hydrogen-bond donors (Lipinski definition) is 4. The molecule has 0 radical (unpaired) electrons. The third kappa shape index (κ3) is 2.41. The zero-order chi connectivity index (χ0) is 14.8. The van der Waals surface area contributed by atoms with E-state index >= 15 is 0 Å². The zero-order valence-corrected chi connectivity index (χ0v) is 10.6. The maximum Gasteiger partial charge on any atom is 0.411 e. The van der Waals surface area contributed by atoms with E-state index in [1.54, 1.807) is 19.1 Å². The Morgan fingerprint density at radius 3 is 2.70 bits per heavy atom. The first kappa shape index (κ1) is 13.8. The molecule has 0 aliphatic carbocycles. The first-order valence-corrected chi connectivity index (χ1v) is 5.86. The van der Waals surface area contributed by atoms with Gasteiger partial charge in [0, 0.05) is 5.56 Å². The lowest BCUT2D eigenvalue weighted by molar-refractivity contribution is -0.137. The summed E-state index contributed by atoms with van der Waals surface area (Å²) in [6.07, 6.45) is -0.728. The Hall–Kier alpha value is -2.61. The summed E-state index contributed by atoms with van der Waals surface area (Å²) < 4.78 is 4.72. The minimum atomic E-state index is -2.23. The number of anilines is 1. The molecule has 0 spiro atoms. The normalized spacial score (nSPS) is 21.1. The molecule has 0 bridgehead atoms. The number of urea groups is 1. The summed E-state index contributed by atoms with van der Waals surface area (Å²) in [5, 5.41) is 16.7. The molecule has 1 aromatic rings. The zero-order valence-electron chi connectivity index (χ0n) is 10.6. The number of carbonyl (C=O) groups is 3. The van der Waals surface area contributed by atoms with Gasteiger partial charge in [-0.2, -0.15) is 0 Å². The van der Waals surface area contributed by atoms with Gasteiger partial charge in [-0.1, -0.05) is 18.2 Å². The van der Waals surface area contributed by atoms with E-state index in [0.29, 0.717) is 0 Å². The molecular formula is C12H13N3O5. The molecule has 0 saturated carbocycles. The molecule has 8 heteroatoms. The van der Waals surface area contributed by atoms with Gasteiger partial charge >= 0.3 is 12.1 Å². The molecule has 1 heterocycles. The Kier molecular flexibility index (Phi) is 3.57. The molecule has 8 nitrogen and oxygen atoms in total. The number of aliphatic hydroxyl groups is 1. The number of para-hydroxylation sites is 1. The summed E-state index contributed by atoms with van der Waals surface area (Å²) in [5.41, 5.74) is -2.03. The molecule has 2 rings (SSSR count). The lowest BCUT2D eigenvalue weighted by Crippen LogP contribution is -2.44. The van der Waals surface area contributed by atoms with E-state index in [0.717, 1.165) is 0 Å². The highest BCUT2D eigenvalue weighted by atomic mass is 16.5. The van der Waals surface area contributed by atoms with Gasteiger partial charge in [-0.25, -0.2) is 9.59 Å². The minimum absolute atomic E-state index is 0.0383. The van der Waals surface area contributed by atoms with E-state index in [4.69, 9.17) is 4.74 Å². The van der Waals surface area contributed by atoms with Crippen molar-refractivity contribution in [3.63, 3.8) is 0 Å². The quantitative estimate of drug-likeness (QED) is 0.591. The number of ether oxygens (including phenoxy) is 1. The maximum absolute atomic E-state index is 11.7. The van der Waals surface area contributed by atoms with Crippen LogP contribution in [0.1, 0.15) is 12.5 Å². The van der Waals surface area contributed by atoms with E-state index in [9.17, 15) is 19.5 Å². The number of hydrogen-bond acceptors (Lipinski definition) is 5. The summed E-state index contributed by atoms with van der Waals surface area (Å²) in [6, 6.07) is 5.22. The minimum Gasteiger partial charge on any atom is -0.450 e. The lowest BCUT2D eigenvalue weighted by atomic mass is 10.0. The Bertz CT molecular complexity index is 574. The highest BCUT2D eigenvalue weighted by Gasteiger charge is 2.47. The van der Waals surface area contributed by atoms with Crippen LogP contribution in [0.25, 0.3) is 0 Å². The van der Waals surface area contributed by atoms with Crippen molar-refractivity contribution in [3.05, 3.63) is 29.8 Å². The molecule has 1 saturated heterocycles. The first-order valence-electron chi connectivity index (χ1n) is 5.86. The summed E-state index contributed by atoms with van der Waals surface area (Å²) in [6.45, 7) is 1.82. The molecular weight excluding hydrogens is 266 g/mol. The molecule has 1 aromatic carbocycles. The van der Waals surface area contributed by atoms with Crippen molar-refractivity contribution in [3.8, 4) is 0 Å². The number of carbonyl (C=O) groups excluding carboxylic acids is 3. The smallest absolute Gasteiger partial charge is 0.411 e. The monoisotopic (exact) mass is 279 g/mol. The van der Waals surface area contributed by atoms with E-state index in [2.05, 4.69) is 10.6 Å². The molecule has 1 atom stereocenters. The first-order chi connectivity index (χ1) is 9.47. The van der Waals surface area contributed by atoms with Gasteiger partial charge in [-0.05, 0) is 13.0 Å². The highest BCUT2D eigenvalue weighted by Crippen LogP contribution is 2.28. The summed E-state index contributed by atoms with van der Waals surface area (Å²) in [4.78, 5) is 34.3. The average Bonchev–Trinajstić information content (AvgIpc) is 2.64. The number of benzene rings is 1. The van der Waals surface area contributed by atoms with Crippen LogP contribution in [0.4, 0.5) is 15.3 Å². The van der Waals surface area contributed by atoms with Crippen LogP contribution in [0, 0.1) is 0 Å². The number of rotatable bonds is 3. The molecule has 106 valence electrons. The van der Waals surface area contributed by atoms with E-state index in [-0.39, 0.29) is 17.9 Å². The van der Waals surface area contributed by atoms with E-state index in [1.165, 1.54) is 12.1 Å². The van der Waals surface area contributed by atoms with Gasteiger partial charge in [0.05, 0.1) is 12.3 Å². The van der Waals surface area contributed by atoms with Crippen molar-refractivity contribution in [2.24, 2.45) is 0 Å². The predicted octanol–water partition coefficient (Wildman–Crippen LogP) is 0.239. The van der Waals surface area contributed by atoms with Gasteiger partial charge in [-0.3, -0.25) is 20.7 Å². The van der Waals surface area contributed by atoms with Crippen molar-refractivity contribution in [1.29, 1.82) is 0 Å². The second-order valence-corrected chi connectivity index (χ2v) is 4.01. The molecule has 4 amide bonds. The van der Waals surface area contributed by atoms with Crippen LogP contribution in [-0.2, 0) is 15.3 Å². The van der Waals surface area contributed by atoms with Crippen LogP contribution in [0.5, 0.6) is 0 Å².